The molecule has 3 nitrogen and oxygen atoms in total. The lowest BCUT2D eigenvalue weighted by molar-refractivity contribution is -0.151. The SMILES string of the molecule is CCCCOC(=O)C1CCCC(O)C1. The van der Waals surface area contributed by atoms with Crippen molar-refractivity contribution < 1.29 is 14.6 Å². The molecule has 14 heavy (non-hydrogen) atoms. The zero-order valence-electron chi connectivity index (χ0n) is 8.87. The summed E-state index contributed by atoms with van der Waals surface area (Å²) in [7, 11) is 0. The van der Waals surface area contributed by atoms with Crippen LogP contribution in [0.15, 0.2) is 0 Å². The Balaban J connectivity index is 2.22. The van der Waals surface area contributed by atoms with Gasteiger partial charge in [-0.25, -0.2) is 0 Å². The molecule has 2 atom stereocenters. The van der Waals surface area contributed by atoms with Gasteiger partial charge in [0.1, 0.15) is 0 Å². The van der Waals surface area contributed by atoms with Crippen molar-refractivity contribution in [2.75, 3.05) is 6.61 Å². The highest BCUT2D eigenvalue weighted by atomic mass is 16.5. The second kappa shape index (κ2) is 6.02. The van der Waals surface area contributed by atoms with Crippen molar-refractivity contribution in [3.8, 4) is 0 Å². The Morgan fingerprint density at radius 1 is 1.50 bits per heavy atom. The first-order valence-electron chi connectivity index (χ1n) is 5.58. The van der Waals surface area contributed by atoms with Gasteiger partial charge in [-0.2, -0.15) is 0 Å². The third-order valence-electron chi connectivity index (χ3n) is 2.72. The smallest absolute Gasteiger partial charge is 0.309 e. The minimum atomic E-state index is -0.299. The van der Waals surface area contributed by atoms with Crippen LogP contribution in [0.25, 0.3) is 0 Å². The highest BCUT2D eigenvalue weighted by Gasteiger charge is 2.26. The van der Waals surface area contributed by atoms with Crippen molar-refractivity contribution in [1.82, 2.24) is 0 Å². The predicted molar refractivity (Wildman–Crippen MR) is 53.8 cm³/mol. The van der Waals surface area contributed by atoms with Crippen LogP contribution in [-0.2, 0) is 9.53 Å². The Labute approximate surface area is 85.5 Å². The zero-order valence-corrected chi connectivity index (χ0v) is 8.87. The molecule has 2 unspecified atom stereocenters. The number of unbranched alkanes of at least 4 members (excludes halogenated alkanes) is 1. The van der Waals surface area contributed by atoms with E-state index in [2.05, 4.69) is 6.92 Å². The van der Waals surface area contributed by atoms with Gasteiger partial charge in [0.2, 0.25) is 0 Å². The summed E-state index contributed by atoms with van der Waals surface area (Å²) in [6.07, 6.45) is 4.91. The second-order valence-corrected chi connectivity index (χ2v) is 4.04. The first kappa shape index (κ1) is 11.5. The Hall–Kier alpha value is -0.570. The maximum Gasteiger partial charge on any atom is 0.309 e. The van der Waals surface area contributed by atoms with E-state index in [0.717, 1.165) is 32.1 Å². The molecule has 0 spiro atoms. The summed E-state index contributed by atoms with van der Waals surface area (Å²) in [6, 6.07) is 0. The number of carbonyl (C=O) groups is 1. The largest absolute Gasteiger partial charge is 0.465 e. The maximum atomic E-state index is 11.5. The van der Waals surface area contributed by atoms with Crippen molar-refractivity contribution in [2.24, 2.45) is 5.92 Å². The van der Waals surface area contributed by atoms with E-state index >= 15 is 0 Å². The molecule has 1 aliphatic rings. The van der Waals surface area contributed by atoms with Crippen LogP contribution < -0.4 is 0 Å². The number of aliphatic hydroxyl groups is 1. The third-order valence-corrected chi connectivity index (χ3v) is 2.72. The molecular formula is C11H20O3. The van der Waals surface area contributed by atoms with E-state index < -0.39 is 0 Å². The summed E-state index contributed by atoms with van der Waals surface area (Å²) < 4.78 is 5.12. The van der Waals surface area contributed by atoms with Crippen LogP contribution >= 0.6 is 0 Å². The van der Waals surface area contributed by atoms with Crippen molar-refractivity contribution in [3.05, 3.63) is 0 Å². The molecule has 0 aliphatic heterocycles. The normalized spacial score (nSPS) is 27.3. The molecule has 0 aromatic heterocycles. The lowest BCUT2D eigenvalue weighted by Crippen LogP contribution is -2.27. The predicted octanol–water partition coefficient (Wildman–Crippen LogP) is 1.88. The zero-order chi connectivity index (χ0) is 10.4. The van der Waals surface area contributed by atoms with Gasteiger partial charge < -0.3 is 9.84 Å². The molecule has 0 heterocycles. The molecule has 0 saturated heterocycles. The molecular weight excluding hydrogens is 180 g/mol. The van der Waals surface area contributed by atoms with Gasteiger partial charge >= 0.3 is 5.97 Å². The average molecular weight is 200 g/mol. The first-order chi connectivity index (χ1) is 6.74. The van der Waals surface area contributed by atoms with E-state index in [0.29, 0.717) is 13.0 Å². The molecule has 1 fully saturated rings. The van der Waals surface area contributed by atoms with Crippen LogP contribution in [0.1, 0.15) is 45.4 Å². The lowest BCUT2D eigenvalue weighted by atomic mass is 9.87. The van der Waals surface area contributed by atoms with E-state index in [1.54, 1.807) is 0 Å². The molecule has 1 N–H and O–H groups in total. The highest BCUT2D eigenvalue weighted by Crippen LogP contribution is 2.25. The van der Waals surface area contributed by atoms with Gasteiger partial charge in [0, 0.05) is 0 Å². The number of ether oxygens (including phenoxy) is 1. The molecule has 0 radical (unpaired) electrons. The Kier molecular flexibility index (Phi) is 4.94. The number of aliphatic hydroxyl groups excluding tert-OH is 1. The van der Waals surface area contributed by atoms with E-state index in [9.17, 15) is 9.90 Å². The Bertz CT molecular complexity index is 179. The quantitative estimate of drug-likeness (QED) is 0.556. The van der Waals surface area contributed by atoms with Gasteiger partial charge in [-0.3, -0.25) is 4.79 Å². The number of hydrogen-bond donors (Lipinski definition) is 1. The minimum Gasteiger partial charge on any atom is -0.465 e. The number of rotatable bonds is 4. The monoisotopic (exact) mass is 200 g/mol. The molecule has 3 heteroatoms. The topological polar surface area (TPSA) is 46.5 Å². The molecule has 0 bridgehead atoms. The van der Waals surface area contributed by atoms with Crippen LogP contribution in [-0.4, -0.2) is 23.8 Å². The molecule has 0 aromatic rings. The summed E-state index contributed by atoms with van der Waals surface area (Å²) in [6.45, 7) is 2.60. The summed E-state index contributed by atoms with van der Waals surface area (Å²) in [5.74, 6) is -0.173. The van der Waals surface area contributed by atoms with Crippen LogP contribution in [0, 0.1) is 5.92 Å². The number of hydrogen-bond acceptors (Lipinski definition) is 3. The molecule has 82 valence electrons. The van der Waals surface area contributed by atoms with Gasteiger partial charge in [0.05, 0.1) is 18.6 Å². The summed E-state index contributed by atoms with van der Waals surface area (Å²) in [4.78, 5) is 11.5. The summed E-state index contributed by atoms with van der Waals surface area (Å²) in [5.41, 5.74) is 0. The van der Waals surface area contributed by atoms with Gasteiger partial charge in [-0.05, 0) is 25.7 Å². The highest BCUT2D eigenvalue weighted by molar-refractivity contribution is 5.72. The Morgan fingerprint density at radius 3 is 2.93 bits per heavy atom. The van der Waals surface area contributed by atoms with Gasteiger partial charge in [-0.15, -0.1) is 0 Å². The minimum absolute atomic E-state index is 0.0596. The summed E-state index contributed by atoms with van der Waals surface area (Å²) in [5, 5.41) is 9.39. The standard InChI is InChI=1S/C11H20O3/c1-2-3-7-14-11(13)9-5-4-6-10(12)8-9/h9-10,12H,2-8H2,1H3. The second-order valence-electron chi connectivity index (χ2n) is 4.04. The first-order valence-corrected chi connectivity index (χ1v) is 5.58. The van der Waals surface area contributed by atoms with Crippen molar-refractivity contribution >= 4 is 5.97 Å². The molecule has 1 aliphatic carbocycles. The van der Waals surface area contributed by atoms with E-state index in [-0.39, 0.29) is 18.0 Å². The average Bonchev–Trinajstić information content (AvgIpc) is 2.18. The van der Waals surface area contributed by atoms with Gasteiger partial charge in [0.25, 0.3) is 0 Å². The fraction of sp³-hybridized carbons (Fsp3) is 0.909. The van der Waals surface area contributed by atoms with Crippen molar-refractivity contribution in [3.63, 3.8) is 0 Å². The fourth-order valence-corrected chi connectivity index (χ4v) is 1.81. The summed E-state index contributed by atoms with van der Waals surface area (Å²) >= 11 is 0. The Morgan fingerprint density at radius 2 is 2.29 bits per heavy atom. The maximum absolute atomic E-state index is 11.5. The number of carbonyl (C=O) groups excluding carboxylic acids is 1. The number of esters is 1. The van der Waals surface area contributed by atoms with E-state index in [1.165, 1.54) is 0 Å². The molecule has 0 aromatic carbocycles. The molecule has 1 rings (SSSR count). The molecule has 1 saturated carbocycles. The lowest BCUT2D eigenvalue weighted by Gasteiger charge is -2.24. The van der Waals surface area contributed by atoms with Gasteiger partial charge in [0.15, 0.2) is 0 Å². The third kappa shape index (κ3) is 3.66. The van der Waals surface area contributed by atoms with E-state index in [1.807, 2.05) is 0 Å². The fourth-order valence-electron chi connectivity index (χ4n) is 1.81. The van der Waals surface area contributed by atoms with Crippen LogP contribution in [0.5, 0.6) is 0 Å². The van der Waals surface area contributed by atoms with Crippen LogP contribution in [0.4, 0.5) is 0 Å². The van der Waals surface area contributed by atoms with Crippen molar-refractivity contribution in [1.29, 1.82) is 0 Å². The van der Waals surface area contributed by atoms with Crippen LogP contribution in [0.3, 0.4) is 0 Å². The van der Waals surface area contributed by atoms with Crippen LogP contribution in [0.2, 0.25) is 0 Å². The molecule has 0 amide bonds. The van der Waals surface area contributed by atoms with E-state index in [4.69, 9.17) is 4.74 Å². The van der Waals surface area contributed by atoms with Gasteiger partial charge in [-0.1, -0.05) is 19.8 Å². The van der Waals surface area contributed by atoms with Crippen molar-refractivity contribution in [2.45, 2.75) is 51.6 Å².